The first-order chi connectivity index (χ1) is 62.9. The fourth-order valence-corrected chi connectivity index (χ4v) is 24.6. The van der Waals surface area contributed by atoms with Crippen LogP contribution in [-0.4, -0.2) is 0 Å². The predicted molar refractivity (Wildman–Crippen MR) is 534 cm³/mol. The molecule has 0 saturated carbocycles. The molecule has 7 heteroatoms. The van der Waals surface area contributed by atoms with Gasteiger partial charge in [0.25, 0.3) is 0 Å². The van der Waals surface area contributed by atoms with Gasteiger partial charge in [-0.3, -0.25) is 0 Å². The number of hydrogen-bond acceptors (Lipinski definition) is 7. The minimum Gasteiger partial charge on any atom is -0.454 e. The highest BCUT2D eigenvalue weighted by Crippen LogP contribution is 2.65. The van der Waals surface area contributed by atoms with Crippen LogP contribution in [0.4, 0.5) is 34.1 Å². The Bertz CT molecular complexity index is 7760. The number of para-hydroxylation sites is 3. The normalized spacial score (nSPS) is 14.6. The Morgan fingerprint density at radius 1 is 0.213 bits per heavy atom. The van der Waals surface area contributed by atoms with Crippen LogP contribution in [0.3, 0.4) is 0 Å². The average Bonchev–Trinajstić information content (AvgIpc) is 1.53. The molecule has 0 bridgehead atoms. The van der Waals surface area contributed by atoms with Crippen molar-refractivity contribution >= 4 is 112 Å². The molecule has 0 spiro atoms. The van der Waals surface area contributed by atoms with E-state index >= 15 is 0 Å². The van der Waals surface area contributed by atoms with Gasteiger partial charge in [0.05, 0.1) is 20.6 Å². The first kappa shape index (κ1) is 76.0. The van der Waals surface area contributed by atoms with Crippen LogP contribution in [-0.2, 0) is 10.8 Å². The SMILES string of the molecule is c1ccc(-c2ccc(C3(c4ccc(N(c5ccc(-c6ccc7ccccc7c6)cc5)c5cccc(-c6ccccc6)c5)cc4)c4ccccc4-c4c3ccc3c4Sc4ccccc4S3)cc2)cc1.c1ccc(-c2ccc(C3(c4ccc5c(c4)sc4cc(N(c6ccccc6)c6ccccc6)ccc45)c4ccccc4-c4c3ccc3c4Oc4ccccc4S3)cc2)cc1. The molecule has 2 aliphatic carbocycles. The van der Waals surface area contributed by atoms with E-state index in [1.807, 2.05) is 34.9 Å². The number of fused-ring (bicyclic) bond motifs is 16. The lowest BCUT2D eigenvalue weighted by Gasteiger charge is -2.35. The van der Waals surface area contributed by atoms with Gasteiger partial charge in [-0.15, -0.1) is 11.3 Å². The van der Waals surface area contributed by atoms with Crippen LogP contribution < -0.4 is 14.5 Å². The summed E-state index contributed by atoms with van der Waals surface area (Å²) in [6.07, 6.45) is 0. The smallest absolute Gasteiger partial charge is 0.149 e. The molecule has 21 aromatic rings. The zero-order valence-corrected chi connectivity index (χ0v) is 72.2. The van der Waals surface area contributed by atoms with Crippen LogP contribution in [0.15, 0.2) is 503 Å². The molecule has 1 aromatic heterocycles. The molecule has 0 N–H and O–H groups in total. The second kappa shape index (κ2) is 31.8. The summed E-state index contributed by atoms with van der Waals surface area (Å²) < 4.78 is 9.43. The van der Waals surface area contributed by atoms with E-state index in [1.165, 1.54) is 162 Å². The van der Waals surface area contributed by atoms with Gasteiger partial charge in [0.1, 0.15) is 11.5 Å². The molecule has 2 atom stereocenters. The third-order valence-electron chi connectivity index (χ3n) is 25.8. The van der Waals surface area contributed by atoms with Crippen LogP contribution in [0.1, 0.15) is 44.5 Å². The number of nitrogens with zero attached hydrogens (tertiary/aromatic N) is 2. The Kier molecular flexibility index (Phi) is 19.1. The highest BCUT2D eigenvalue weighted by molar-refractivity contribution is 8.05. The lowest BCUT2D eigenvalue weighted by Crippen LogP contribution is -2.28. The highest BCUT2D eigenvalue weighted by Gasteiger charge is 2.50. The topological polar surface area (TPSA) is 15.7 Å². The Balaban J connectivity index is 0.000000143. The van der Waals surface area contributed by atoms with Gasteiger partial charge in [-0.1, -0.05) is 387 Å². The fourth-order valence-electron chi connectivity index (χ4n) is 20.0. The van der Waals surface area contributed by atoms with Crippen LogP contribution >= 0.6 is 46.6 Å². The largest absolute Gasteiger partial charge is 0.454 e. The Labute approximate surface area is 756 Å². The van der Waals surface area contributed by atoms with Crippen LogP contribution in [0, 0.1) is 0 Å². The number of hydrogen-bond donors (Lipinski definition) is 0. The van der Waals surface area contributed by atoms with E-state index < -0.39 is 10.8 Å². The molecule has 2 aliphatic heterocycles. The summed E-state index contributed by atoms with van der Waals surface area (Å²) in [7, 11) is 0. The van der Waals surface area contributed by atoms with Crippen molar-refractivity contribution in [1.82, 2.24) is 0 Å². The van der Waals surface area contributed by atoms with Gasteiger partial charge in [-0.05, 0) is 232 Å². The lowest BCUT2D eigenvalue weighted by atomic mass is 9.67. The number of ether oxygens (including phenoxy) is 1. The molecule has 3 nitrogen and oxygen atoms in total. The molecule has 127 heavy (non-hydrogen) atoms. The monoisotopic (exact) mass is 1690 g/mol. The van der Waals surface area contributed by atoms with Gasteiger partial charge >= 0.3 is 0 Å². The Morgan fingerprint density at radius 3 is 1.22 bits per heavy atom. The molecule has 3 heterocycles. The molecular weight excluding hydrogens is 1610 g/mol. The molecular formula is C120H78N2OS4. The Hall–Kier alpha value is -14.7. The minimum atomic E-state index is -0.589. The molecule has 20 aromatic carbocycles. The molecule has 0 radical (unpaired) electrons. The lowest BCUT2D eigenvalue weighted by molar-refractivity contribution is 0.456. The summed E-state index contributed by atoms with van der Waals surface area (Å²) in [4.78, 5) is 12.3. The maximum absolute atomic E-state index is 6.90. The molecule has 598 valence electrons. The average molecular weight is 1690 g/mol. The van der Waals surface area contributed by atoms with Crippen molar-refractivity contribution in [2.45, 2.75) is 40.2 Å². The predicted octanol–water partition coefficient (Wildman–Crippen LogP) is 34.1. The standard InChI is InChI=1S/C65H43NS2.C55H35NOS2/c1-3-14-44(15-4-1)47-28-32-52(33-29-47)65(58-23-10-9-22-57(58)63-59(65)40-41-62-64(63)68-61-25-12-11-24-60(61)67-62)53-34-38-55(39-35-53)66(56-21-13-20-50(43-56)45-16-5-2-6-17-45)54-36-30-48(31-37-54)51-27-26-46-18-7-8-19-49(46)42-51;1-4-14-36(15-5-1)37-24-26-38(27-25-37)55(46-21-11-10-20-45(46)53-47(55)32-33-50-54(53)57-48-22-12-13-23-49(48)58-50)39-28-30-43-44-31-29-42(35-52(44)59-51(43)34-39)56(40-16-6-2-7-17-40)41-18-8-3-9-19-41/h1-43H;1-35H. The van der Waals surface area contributed by atoms with Gasteiger partial charge in [-0.2, -0.15) is 0 Å². The maximum Gasteiger partial charge on any atom is 0.149 e. The van der Waals surface area contributed by atoms with E-state index in [9.17, 15) is 0 Å². The zero-order valence-electron chi connectivity index (χ0n) is 69.0. The van der Waals surface area contributed by atoms with E-state index in [1.54, 1.807) is 11.8 Å². The molecule has 4 aliphatic rings. The Morgan fingerprint density at radius 2 is 0.598 bits per heavy atom. The first-order valence-corrected chi connectivity index (χ1v) is 46.5. The van der Waals surface area contributed by atoms with Crippen molar-refractivity contribution in [3.05, 3.63) is 518 Å². The quantitative estimate of drug-likeness (QED) is 0.107. The van der Waals surface area contributed by atoms with Crippen molar-refractivity contribution in [3.8, 4) is 78.3 Å². The third-order valence-corrected chi connectivity index (χ3v) is 30.6. The number of benzene rings is 20. The molecule has 0 amide bonds. The summed E-state index contributed by atoms with van der Waals surface area (Å²) in [6.45, 7) is 0. The second-order valence-electron chi connectivity index (χ2n) is 32.8. The van der Waals surface area contributed by atoms with E-state index in [-0.39, 0.29) is 0 Å². The zero-order chi connectivity index (χ0) is 83.9. The van der Waals surface area contributed by atoms with Gasteiger partial charge in [0, 0.05) is 85.0 Å². The van der Waals surface area contributed by atoms with Gasteiger partial charge in [0.2, 0.25) is 0 Å². The summed E-state index contributed by atoms with van der Waals surface area (Å²) in [5.41, 5.74) is 30.3. The summed E-state index contributed by atoms with van der Waals surface area (Å²) >= 11 is 7.47. The van der Waals surface area contributed by atoms with E-state index in [0.29, 0.717) is 0 Å². The van der Waals surface area contributed by atoms with Gasteiger partial charge < -0.3 is 14.5 Å². The van der Waals surface area contributed by atoms with Gasteiger partial charge in [0.15, 0.2) is 0 Å². The fraction of sp³-hybridized carbons (Fsp3) is 0.0167. The van der Waals surface area contributed by atoms with Crippen LogP contribution in [0.5, 0.6) is 11.5 Å². The van der Waals surface area contributed by atoms with Crippen molar-refractivity contribution in [2.75, 3.05) is 9.80 Å². The van der Waals surface area contributed by atoms with Crippen molar-refractivity contribution in [2.24, 2.45) is 0 Å². The minimum absolute atomic E-state index is 0.573. The first-order valence-electron chi connectivity index (χ1n) is 43.2. The highest BCUT2D eigenvalue weighted by atomic mass is 32.2. The van der Waals surface area contributed by atoms with Gasteiger partial charge in [-0.25, -0.2) is 0 Å². The van der Waals surface area contributed by atoms with E-state index in [0.717, 1.165) is 55.4 Å². The number of rotatable bonds is 14. The van der Waals surface area contributed by atoms with Crippen molar-refractivity contribution < 1.29 is 4.74 Å². The van der Waals surface area contributed by atoms with Crippen LogP contribution in [0.25, 0.3) is 97.7 Å². The number of thiophene rings is 1. The molecule has 0 saturated heterocycles. The summed E-state index contributed by atoms with van der Waals surface area (Å²) in [5.74, 6) is 1.85. The number of anilines is 6. The molecule has 25 rings (SSSR count). The maximum atomic E-state index is 6.90. The third kappa shape index (κ3) is 13.1. The van der Waals surface area contributed by atoms with E-state index in [2.05, 4.69) is 483 Å². The second-order valence-corrected chi connectivity index (χ2v) is 37.1. The molecule has 2 unspecified atom stereocenters. The molecule has 0 fully saturated rings. The summed E-state index contributed by atoms with van der Waals surface area (Å²) in [5, 5.41) is 5.04. The van der Waals surface area contributed by atoms with Crippen molar-refractivity contribution in [3.63, 3.8) is 0 Å². The summed E-state index contributed by atoms with van der Waals surface area (Å²) in [6, 6.07) is 174. The van der Waals surface area contributed by atoms with E-state index in [4.69, 9.17) is 4.74 Å². The van der Waals surface area contributed by atoms with Crippen LogP contribution in [0.2, 0.25) is 0 Å². The van der Waals surface area contributed by atoms with Crippen molar-refractivity contribution in [1.29, 1.82) is 0 Å².